The van der Waals surface area contributed by atoms with Crippen LogP contribution in [0.25, 0.3) is 10.9 Å². The molecule has 1 N–H and O–H groups in total. The van der Waals surface area contributed by atoms with Crippen molar-refractivity contribution in [1.29, 1.82) is 0 Å². The maximum absolute atomic E-state index is 11.4. The number of aliphatic carboxylic acids is 1. The number of fused-ring (bicyclic) bond motifs is 3. The molecule has 0 saturated heterocycles. The molecule has 1 aromatic heterocycles. The third kappa shape index (κ3) is 2.25. The van der Waals surface area contributed by atoms with Crippen molar-refractivity contribution in [2.45, 2.75) is 57.9 Å². The van der Waals surface area contributed by atoms with E-state index in [1.807, 2.05) is 0 Å². The number of aromatic nitrogens is 1. The highest BCUT2D eigenvalue weighted by Gasteiger charge is 2.37. The highest BCUT2D eigenvalue weighted by Crippen LogP contribution is 2.43. The second-order valence-corrected chi connectivity index (χ2v) is 6.43. The quantitative estimate of drug-likeness (QED) is 0.862. The van der Waals surface area contributed by atoms with Gasteiger partial charge in [-0.15, -0.1) is 0 Å². The van der Waals surface area contributed by atoms with Crippen molar-refractivity contribution in [2.75, 3.05) is 0 Å². The molecule has 0 aliphatic heterocycles. The smallest absolute Gasteiger partial charge is 0.304 e. The molecule has 0 unspecified atom stereocenters. The van der Waals surface area contributed by atoms with Gasteiger partial charge >= 0.3 is 5.97 Å². The number of rotatable bonds is 3. The Labute approximate surface area is 125 Å². The number of aryl methyl sites for hydroxylation is 2. The van der Waals surface area contributed by atoms with Gasteiger partial charge in [-0.25, -0.2) is 0 Å². The van der Waals surface area contributed by atoms with Gasteiger partial charge in [0, 0.05) is 28.6 Å². The topological polar surface area (TPSA) is 42.2 Å². The zero-order chi connectivity index (χ0) is 15.0. The molecule has 1 aliphatic carbocycles. The minimum Gasteiger partial charge on any atom is -0.481 e. The number of carboxylic acid groups (broad SMARTS) is 1. The third-order valence-corrected chi connectivity index (χ3v) is 4.91. The fourth-order valence-electron chi connectivity index (χ4n) is 4.09. The highest BCUT2D eigenvalue weighted by molar-refractivity contribution is 5.86. The molecule has 0 spiro atoms. The lowest BCUT2D eigenvalue weighted by Gasteiger charge is -2.29. The van der Waals surface area contributed by atoms with Crippen molar-refractivity contribution in [3.63, 3.8) is 0 Å². The minimum atomic E-state index is -0.696. The molecule has 0 radical (unpaired) electrons. The molecule has 1 aliphatic rings. The summed E-state index contributed by atoms with van der Waals surface area (Å²) in [6.07, 6.45) is 4.51. The average Bonchev–Trinajstić information content (AvgIpc) is 2.68. The summed E-state index contributed by atoms with van der Waals surface area (Å²) in [5.74, 6) is -0.696. The van der Waals surface area contributed by atoms with Gasteiger partial charge in [0.15, 0.2) is 0 Å². The molecule has 3 heteroatoms. The number of benzene rings is 1. The number of para-hydroxylation sites is 1. The normalized spacial score (nSPS) is 22.0. The van der Waals surface area contributed by atoms with Crippen LogP contribution in [0.3, 0.4) is 0 Å². The van der Waals surface area contributed by atoms with Crippen LogP contribution in [-0.2, 0) is 23.2 Å². The Morgan fingerprint density at radius 1 is 1.33 bits per heavy atom. The first-order valence-corrected chi connectivity index (χ1v) is 7.89. The van der Waals surface area contributed by atoms with Crippen molar-refractivity contribution in [1.82, 2.24) is 4.57 Å². The Balaban J connectivity index is 2.30. The molecule has 1 heterocycles. The summed E-state index contributed by atoms with van der Waals surface area (Å²) in [6, 6.07) is 8.51. The number of hydrogen-bond donors (Lipinski definition) is 1. The second-order valence-electron chi connectivity index (χ2n) is 6.43. The average molecular weight is 285 g/mol. The molecule has 1 atom stereocenters. The summed E-state index contributed by atoms with van der Waals surface area (Å²) in [6.45, 7) is 5.18. The summed E-state index contributed by atoms with van der Waals surface area (Å²) in [4.78, 5) is 11.4. The lowest BCUT2D eigenvalue weighted by atomic mass is 9.78. The van der Waals surface area contributed by atoms with E-state index in [2.05, 4.69) is 42.7 Å². The van der Waals surface area contributed by atoms with Crippen LogP contribution < -0.4 is 0 Å². The standard InChI is InChI=1S/C18H23NO2/c1-3-19-15-10-5-4-8-13(15)14-9-6-7-11-18(2,17(14)19)12-16(20)21/h4-5,8,10H,3,6-7,9,11-12H2,1-2H3,(H,20,21)/t18-/m1/s1. The van der Waals surface area contributed by atoms with E-state index in [0.717, 1.165) is 32.2 Å². The van der Waals surface area contributed by atoms with Gasteiger partial charge in [-0.2, -0.15) is 0 Å². The molecule has 21 heavy (non-hydrogen) atoms. The monoisotopic (exact) mass is 285 g/mol. The lowest BCUT2D eigenvalue weighted by molar-refractivity contribution is -0.138. The number of hydrogen-bond acceptors (Lipinski definition) is 1. The fraction of sp³-hybridized carbons (Fsp3) is 0.500. The zero-order valence-corrected chi connectivity index (χ0v) is 12.9. The number of carbonyl (C=O) groups is 1. The number of carboxylic acids is 1. The van der Waals surface area contributed by atoms with Crippen LogP contribution in [-0.4, -0.2) is 15.6 Å². The van der Waals surface area contributed by atoms with Crippen LogP contribution in [0, 0.1) is 0 Å². The molecule has 0 amide bonds. The van der Waals surface area contributed by atoms with Gasteiger partial charge in [-0.3, -0.25) is 4.79 Å². The van der Waals surface area contributed by atoms with Gasteiger partial charge in [0.1, 0.15) is 0 Å². The van der Waals surface area contributed by atoms with Crippen molar-refractivity contribution in [3.8, 4) is 0 Å². The summed E-state index contributed by atoms with van der Waals surface area (Å²) >= 11 is 0. The van der Waals surface area contributed by atoms with Crippen LogP contribution in [0.1, 0.15) is 50.8 Å². The predicted molar refractivity (Wildman–Crippen MR) is 84.8 cm³/mol. The van der Waals surface area contributed by atoms with Gasteiger partial charge in [-0.05, 0) is 37.8 Å². The lowest BCUT2D eigenvalue weighted by Crippen LogP contribution is -2.29. The Bertz CT molecular complexity index is 686. The van der Waals surface area contributed by atoms with Crippen LogP contribution in [0.4, 0.5) is 0 Å². The second kappa shape index (κ2) is 5.21. The highest BCUT2D eigenvalue weighted by atomic mass is 16.4. The van der Waals surface area contributed by atoms with Crippen LogP contribution >= 0.6 is 0 Å². The largest absolute Gasteiger partial charge is 0.481 e. The molecule has 3 rings (SSSR count). The summed E-state index contributed by atoms with van der Waals surface area (Å²) in [5, 5.41) is 10.7. The molecule has 0 bridgehead atoms. The molecule has 112 valence electrons. The van der Waals surface area contributed by atoms with E-state index >= 15 is 0 Å². The Morgan fingerprint density at radius 2 is 2.10 bits per heavy atom. The molecule has 0 saturated carbocycles. The molecular formula is C18H23NO2. The zero-order valence-electron chi connectivity index (χ0n) is 12.9. The first-order valence-electron chi connectivity index (χ1n) is 7.89. The Kier molecular flexibility index (Phi) is 3.52. The molecule has 1 aromatic carbocycles. The van der Waals surface area contributed by atoms with Gasteiger partial charge in [-0.1, -0.05) is 31.5 Å². The summed E-state index contributed by atoms with van der Waals surface area (Å²) in [5.41, 5.74) is 3.65. The van der Waals surface area contributed by atoms with Crippen LogP contribution in [0.15, 0.2) is 24.3 Å². The van der Waals surface area contributed by atoms with Crippen molar-refractivity contribution >= 4 is 16.9 Å². The van der Waals surface area contributed by atoms with Crippen molar-refractivity contribution in [3.05, 3.63) is 35.5 Å². The third-order valence-electron chi connectivity index (χ3n) is 4.91. The van der Waals surface area contributed by atoms with Gasteiger partial charge in [0.25, 0.3) is 0 Å². The van der Waals surface area contributed by atoms with E-state index < -0.39 is 5.97 Å². The molecule has 2 aromatic rings. The van der Waals surface area contributed by atoms with Gasteiger partial charge < -0.3 is 9.67 Å². The Hall–Kier alpha value is -1.77. The first-order chi connectivity index (χ1) is 10.1. The van der Waals surface area contributed by atoms with E-state index in [0.29, 0.717) is 0 Å². The van der Waals surface area contributed by atoms with Crippen LogP contribution in [0.2, 0.25) is 0 Å². The van der Waals surface area contributed by atoms with E-state index in [4.69, 9.17) is 0 Å². The molecular weight excluding hydrogens is 262 g/mol. The fourth-order valence-corrected chi connectivity index (χ4v) is 4.09. The van der Waals surface area contributed by atoms with Gasteiger partial charge in [0.05, 0.1) is 6.42 Å². The van der Waals surface area contributed by atoms with Crippen molar-refractivity contribution in [2.24, 2.45) is 0 Å². The van der Waals surface area contributed by atoms with Crippen molar-refractivity contribution < 1.29 is 9.90 Å². The molecule has 0 fully saturated rings. The summed E-state index contributed by atoms with van der Waals surface area (Å²) in [7, 11) is 0. The summed E-state index contributed by atoms with van der Waals surface area (Å²) < 4.78 is 2.35. The predicted octanol–water partition coefficient (Wildman–Crippen LogP) is 4.12. The first kappa shape index (κ1) is 14.2. The maximum Gasteiger partial charge on any atom is 0.304 e. The number of nitrogens with zero attached hydrogens (tertiary/aromatic N) is 1. The SMILES string of the molecule is CCn1c2c(c3ccccc31)CCCC[C@]2(C)CC(=O)O. The van der Waals surface area contributed by atoms with Gasteiger partial charge in [0.2, 0.25) is 0 Å². The van der Waals surface area contributed by atoms with E-state index in [-0.39, 0.29) is 11.8 Å². The van der Waals surface area contributed by atoms with Crippen LogP contribution in [0.5, 0.6) is 0 Å². The Morgan fingerprint density at radius 3 is 2.81 bits per heavy atom. The maximum atomic E-state index is 11.4. The van der Waals surface area contributed by atoms with E-state index in [1.54, 1.807) is 0 Å². The molecule has 3 nitrogen and oxygen atoms in total. The van der Waals surface area contributed by atoms with E-state index in [1.165, 1.54) is 22.2 Å². The van der Waals surface area contributed by atoms with E-state index in [9.17, 15) is 9.90 Å². The minimum absolute atomic E-state index is 0.219.